The maximum absolute atomic E-state index is 2.44. The van der Waals surface area contributed by atoms with Crippen LogP contribution in [0, 0.1) is 17.8 Å². The molecule has 0 N–H and O–H groups in total. The van der Waals surface area contributed by atoms with Gasteiger partial charge in [0.05, 0.1) is 0 Å². The Morgan fingerprint density at radius 1 is 0.414 bits per heavy atom. The fourth-order valence-electron chi connectivity index (χ4n) is 4.54. The first-order chi connectivity index (χ1) is 14.1. The van der Waals surface area contributed by atoms with Crippen molar-refractivity contribution in [3.8, 4) is 0 Å². The highest BCUT2D eigenvalue weighted by molar-refractivity contribution is 4.63. The van der Waals surface area contributed by atoms with Gasteiger partial charge in [-0.05, 0) is 17.8 Å². The summed E-state index contributed by atoms with van der Waals surface area (Å²) in [5, 5.41) is 0. The van der Waals surface area contributed by atoms with Crippen LogP contribution >= 0.6 is 0 Å². The predicted molar refractivity (Wildman–Crippen MR) is 136 cm³/mol. The minimum absolute atomic E-state index is 0.854. The van der Waals surface area contributed by atoms with Gasteiger partial charge in [-0.15, -0.1) is 0 Å². The SMILES string of the molecule is CCCCCCCCCCCCCCCCCCCC(CC)CCC(C)C(C)C. The van der Waals surface area contributed by atoms with Crippen LogP contribution in [0.5, 0.6) is 0 Å². The lowest BCUT2D eigenvalue weighted by Gasteiger charge is -2.20. The third-order valence-electron chi connectivity index (χ3n) is 7.46. The molecule has 0 heterocycles. The molecule has 0 aromatic rings. The van der Waals surface area contributed by atoms with Gasteiger partial charge in [0.15, 0.2) is 0 Å². The summed E-state index contributed by atoms with van der Waals surface area (Å²) in [6.07, 6.45) is 30.9. The summed E-state index contributed by atoms with van der Waals surface area (Å²) >= 11 is 0. The van der Waals surface area contributed by atoms with Crippen LogP contribution in [0.2, 0.25) is 0 Å². The predicted octanol–water partition coefficient (Wildman–Crippen LogP) is 11.1. The lowest BCUT2D eigenvalue weighted by Crippen LogP contribution is -2.07. The van der Waals surface area contributed by atoms with E-state index in [9.17, 15) is 0 Å². The molecule has 0 aliphatic rings. The molecule has 0 spiro atoms. The molecule has 2 unspecified atom stereocenters. The summed E-state index contributed by atoms with van der Waals surface area (Å²) in [6.45, 7) is 11.9. The molecule has 0 bridgehead atoms. The van der Waals surface area contributed by atoms with Gasteiger partial charge in [0.1, 0.15) is 0 Å². The van der Waals surface area contributed by atoms with Crippen molar-refractivity contribution in [1.29, 1.82) is 0 Å². The van der Waals surface area contributed by atoms with Gasteiger partial charge in [-0.3, -0.25) is 0 Å². The van der Waals surface area contributed by atoms with E-state index in [1.54, 1.807) is 0 Å². The Hall–Kier alpha value is 0. The third kappa shape index (κ3) is 21.0. The fraction of sp³-hybridized carbons (Fsp3) is 1.00. The summed E-state index contributed by atoms with van der Waals surface area (Å²) in [7, 11) is 0. The van der Waals surface area contributed by atoms with Gasteiger partial charge in [-0.2, -0.15) is 0 Å². The minimum Gasteiger partial charge on any atom is -0.0654 e. The summed E-state index contributed by atoms with van der Waals surface area (Å²) in [6, 6.07) is 0. The van der Waals surface area contributed by atoms with E-state index in [4.69, 9.17) is 0 Å². The summed E-state index contributed by atoms with van der Waals surface area (Å²) in [5.41, 5.74) is 0. The number of hydrogen-bond acceptors (Lipinski definition) is 0. The van der Waals surface area contributed by atoms with E-state index >= 15 is 0 Å². The molecule has 29 heavy (non-hydrogen) atoms. The average molecular weight is 409 g/mol. The minimum atomic E-state index is 0.854. The van der Waals surface area contributed by atoms with Crippen LogP contribution in [0.4, 0.5) is 0 Å². The van der Waals surface area contributed by atoms with Crippen molar-refractivity contribution < 1.29 is 0 Å². The molecule has 0 rings (SSSR count). The van der Waals surface area contributed by atoms with Gasteiger partial charge in [0, 0.05) is 0 Å². The van der Waals surface area contributed by atoms with Gasteiger partial charge in [0.25, 0.3) is 0 Å². The second-order valence-electron chi connectivity index (χ2n) is 10.5. The lowest BCUT2D eigenvalue weighted by molar-refractivity contribution is 0.322. The standard InChI is InChI=1S/C29H60/c1-6-8-9-10-11-12-13-14-15-16-17-18-19-20-21-22-23-24-29(7-2)26-25-28(5)27(3)4/h27-29H,6-26H2,1-5H3. The van der Waals surface area contributed by atoms with Crippen molar-refractivity contribution >= 4 is 0 Å². The first-order valence-electron chi connectivity index (χ1n) is 14.1. The zero-order chi connectivity index (χ0) is 21.6. The molecular formula is C29H60. The van der Waals surface area contributed by atoms with Crippen molar-refractivity contribution in [2.45, 2.75) is 169 Å². The molecule has 0 heteroatoms. The number of hydrogen-bond donors (Lipinski definition) is 0. The quantitative estimate of drug-likeness (QED) is 0.147. The molecule has 0 nitrogen and oxygen atoms in total. The molecule has 0 radical (unpaired) electrons. The first-order valence-corrected chi connectivity index (χ1v) is 14.1. The molecule has 0 aliphatic carbocycles. The van der Waals surface area contributed by atoms with E-state index in [1.165, 1.54) is 135 Å². The topological polar surface area (TPSA) is 0 Å². The Balaban J connectivity index is 3.26. The Kier molecular flexibility index (Phi) is 22.7. The van der Waals surface area contributed by atoms with Gasteiger partial charge in [0.2, 0.25) is 0 Å². The Morgan fingerprint density at radius 2 is 0.793 bits per heavy atom. The summed E-state index contributed by atoms with van der Waals surface area (Å²) in [5.74, 6) is 2.75. The smallest absolute Gasteiger partial charge is 0.0417 e. The third-order valence-corrected chi connectivity index (χ3v) is 7.46. The molecular weight excluding hydrogens is 348 g/mol. The van der Waals surface area contributed by atoms with Crippen molar-refractivity contribution in [2.24, 2.45) is 17.8 Å². The second kappa shape index (κ2) is 22.7. The monoisotopic (exact) mass is 408 g/mol. The molecule has 0 amide bonds. The van der Waals surface area contributed by atoms with Crippen LogP contribution in [0.3, 0.4) is 0 Å². The normalized spacial score (nSPS) is 13.9. The van der Waals surface area contributed by atoms with Crippen LogP contribution in [0.1, 0.15) is 169 Å². The van der Waals surface area contributed by atoms with Gasteiger partial charge < -0.3 is 0 Å². The highest BCUT2D eigenvalue weighted by Crippen LogP contribution is 2.25. The lowest BCUT2D eigenvalue weighted by atomic mass is 9.86. The van der Waals surface area contributed by atoms with Gasteiger partial charge in [-0.25, -0.2) is 0 Å². The number of unbranched alkanes of at least 4 members (excludes halogenated alkanes) is 16. The largest absolute Gasteiger partial charge is 0.0654 e. The number of rotatable bonds is 23. The highest BCUT2D eigenvalue weighted by atomic mass is 14.2. The van der Waals surface area contributed by atoms with Gasteiger partial charge >= 0.3 is 0 Å². The van der Waals surface area contributed by atoms with E-state index in [0.29, 0.717) is 0 Å². The Morgan fingerprint density at radius 3 is 1.14 bits per heavy atom. The van der Waals surface area contributed by atoms with Gasteiger partial charge in [-0.1, -0.05) is 169 Å². The molecule has 0 fully saturated rings. The zero-order valence-electron chi connectivity index (χ0n) is 21.6. The van der Waals surface area contributed by atoms with Crippen LogP contribution in [-0.2, 0) is 0 Å². The highest BCUT2D eigenvalue weighted by Gasteiger charge is 2.11. The molecule has 0 aromatic carbocycles. The first kappa shape index (κ1) is 29.0. The molecule has 2 atom stereocenters. The molecule has 0 aliphatic heterocycles. The van der Waals surface area contributed by atoms with Crippen LogP contribution in [-0.4, -0.2) is 0 Å². The fourth-order valence-corrected chi connectivity index (χ4v) is 4.54. The van der Waals surface area contributed by atoms with Crippen molar-refractivity contribution in [3.63, 3.8) is 0 Å². The van der Waals surface area contributed by atoms with E-state index in [-0.39, 0.29) is 0 Å². The van der Waals surface area contributed by atoms with E-state index < -0.39 is 0 Å². The maximum atomic E-state index is 2.44. The Bertz CT molecular complexity index is 292. The summed E-state index contributed by atoms with van der Waals surface area (Å²) in [4.78, 5) is 0. The Labute approximate surface area is 187 Å². The van der Waals surface area contributed by atoms with E-state index in [2.05, 4.69) is 34.6 Å². The molecule has 0 aromatic heterocycles. The van der Waals surface area contributed by atoms with Crippen LogP contribution in [0.25, 0.3) is 0 Å². The zero-order valence-corrected chi connectivity index (χ0v) is 21.6. The van der Waals surface area contributed by atoms with Crippen molar-refractivity contribution in [2.75, 3.05) is 0 Å². The molecule has 176 valence electrons. The molecule has 0 saturated carbocycles. The average Bonchev–Trinajstić information content (AvgIpc) is 2.72. The summed E-state index contributed by atoms with van der Waals surface area (Å²) < 4.78 is 0. The maximum Gasteiger partial charge on any atom is -0.0417 e. The van der Waals surface area contributed by atoms with Crippen molar-refractivity contribution in [3.05, 3.63) is 0 Å². The van der Waals surface area contributed by atoms with Crippen molar-refractivity contribution in [1.82, 2.24) is 0 Å². The second-order valence-corrected chi connectivity index (χ2v) is 10.5. The van der Waals surface area contributed by atoms with E-state index in [0.717, 1.165) is 17.8 Å². The van der Waals surface area contributed by atoms with E-state index in [1.807, 2.05) is 0 Å². The molecule has 0 saturated heterocycles. The van der Waals surface area contributed by atoms with Crippen LogP contribution in [0.15, 0.2) is 0 Å². The van der Waals surface area contributed by atoms with Crippen LogP contribution < -0.4 is 0 Å².